The van der Waals surface area contributed by atoms with E-state index in [4.69, 9.17) is 16.3 Å². The van der Waals surface area contributed by atoms with Crippen molar-refractivity contribution in [2.24, 2.45) is 0 Å². The van der Waals surface area contributed by atoms with Crippen LogP contribution in [-0.2, 0) is 11.4 Å². The Balaban J connectivity index is 1.93. The van der Waals surface area contributed by atoms with Gasteiger partial charge in [-0.1, -0.05) is 29.8 Å². The number of nitrogens with zero attached hydrogens (tertiary/aromatic N) is 1. The van der Waals surface area contributed by atoms with Crippen molar-refractivity contribution < 1.29 is 14.3 Å². The second-order valence-corrected chi connectivity index (χ2v) is 6.13. The molecule has 0 unspecified atom stereocenters. The zero-order valence-electron chi connectivity index (χ0n) is 15.0. The van der Waals surface area contributed by atoms with Crippen LogP contribution < -0.4 is 10.1 Å². The van der Waals surface area contributed by atoms with Gasteiger partial charge in [-0.3, -0.25) is 9.59 Å². The molecule has 138 valence electrons. The lowest BCUT2D eigenvalue weighted by atomic mass is 10.2. The molecule has 2 aromatic rings. The van der Waals surface area contributed by atoms with Crippen molar-refractivity contribution in [2.45, 2.75) is 20.5 Å². The summed E-state index contributed by atoms with van der Waals surface area (Å²) < 4.78 is 5.72. The Labute approximate surface area is 158 Å². The fraction of sp³-hybridized carbons (Fsp3) is 0.300. The first-order chi connectivity index (χ1) is 12.5. The Bertz CT molecular complexity index is 760. The van der Waals surface area contributed by atoms with E-state index in [0.717, 1.165) is 5.56 Å². The third-order valence-electron chi connectivity index (χ3n) is 3.91. The number of carbonyl (C=O) groups is 2. The van der Waals surface area contributed by atoms with Crippen molar-refractivity contribution >= 4 is 23.4 Å². The van der Waals surface area contributed by atoms with Gasteiger partial charge in [0.1, 0.15) is 12.4 Å². The number of halogens is 1. The molecular formula is C20H23ClN2O3. The zero-order chi connectivity index (χ0) is 18.9. The quantitative estimate of drug-likeness (QED) is 0.769. The third kappa shape index (κ3) is 5.77. The molecule has 0 fully saturated rings. The lowest BCUT2D eigenvalue weighted by molar-refractivity contribution is -0.129. The van der Waals surface area contributed by atoms with Crippen molar-refractivity contribution in [3.8, 4) is 5.75 Å². The number of rotatable bonds is 8. The van der Waals surface area contributed by atoms with Crippen LogP contribution in [-0.4, -0.2) is 36.3 Å². The number of amides is 2. The van der Waals surface area contributed by atoms with Gasteiger partial charge in [-0.05, 0) is 49.7 Å². The summed E-state index contributed by atoms with van der Waals surface area (Å²) in [6.45, 7) is 5.39. The first kappa shape index (κ1) is 19.8. The monoisotopic (exact) mass is 374 g/mol. The standard InChI is InChI=1S/C20H23ClN2O3/c1-3-23(4-2)19(24)13-22-20(25)16-8-6-10-18(12-16)26-14-15-7-5-9-17(21)11-15/h5-12H,3-4,13-14H2,1-2H3,(H,22,25). The Morgan fingerprint density at radius 1 is 1.08 bits per heavy atom. The molecule has 0 saturated carbocycles. The number of carbonyl (C=O) groups excluding carboxylic acids is 2. The highest BCUT2D eigenvalue weighted by molar-refractivity contribution is 6.30. The molecule has 0 aliphatic rings. The van der Waals surface area contributed by atoms with Crippen LogP contribution in [0.3, 0.4) is 0 Å². The average Bonchev–Trinajstić information content (AvgIpc) is 2.65. The van der Waals surface area contributed by atoms with Gasteiger partial charge in [0.15, 0.2) is 0 Å². The highest BCUT2D eigenvalue weighted by atomic mass is 35.5. The van der Waals surface area contributed by atoms with Gasteiger partial charge in [-0.15, -0.1) is 0 Å². The smallest absolute Gasteiger partial charge is 0.251 e. The van der Waals surface area contributed by atoms with E-state index in [1.54, 1.807) is 35.2 Å². The zero-order valence-corrected chi connectivity index (χ0v) is 15.8. The predicted molar refractivity (Wildman–Crippen MR) is 102 cm³/mol. The topological polar surface area (TPSA) is 58.6 Å². The first-order valence-electron chi connectivity index (χ1n) is 8.56. The van der Waals surface area contributed by atoms with Crippen LogP contribution in [0.15, 0.2) is 48.5 Å². The predicted octanol–water partition coefficient (Wildman–Crippen LogP) is 3.52. The molecular weight excluding hydrogens is 352 g/mol. The molecule has 0 aliphatic heterocycles. The second kappa shape index (κ2) is 9.82. The highest BCUT2D eigenvalue weighted by Crippen LogP contribution is 2.17. The molecule has 0 radical (unpaired) electrons. The average molecular weight is 375 g/mol. The molecule has 1 N–H and O–H groups in total. The summed E-state index contributed by atoms with van der Waals surface area (Å²) in [6, 6.07) is 14.3. The summed E-state index contributed by atoms with van der Waals surface area (Å²) in [5.41, 5.74) is 1.39. The first-order valence-corrected chi connectivity index (χ1v) is 8.94. The molecule has 0 aliphatic carbocycles. The maximum atomic E-state index is 12.3. The molecule has 0 aromatic heterocycles. The summed E-state index contributed by atoms with van der Waals surface area (Å²) in [7, 11) is 0. The van der Waals surface area contributed by atoms with Crippen LogP contribution >= 0.6 is 11.6 Å². The molecule has 2 rings (SSSR count). The summed E-state index contributed by atoms with van der Waals surface area (Å²) in [5, 5.41) is 3.30. The molecule has 2 amide bonds. The van der Waals surface area contributed by atoms with E-state index in [1.165, 1.54) is 0 Å². The lowest BCUT2D eigenvalue weighted by Gasteiger charge is -2.18. The van der Waals surface area contributed by atoms with Crippen LogP contribution in [0.1, 0.15) is 29.8 Å². The Kier molecular flexibility index (Phi) is 7.48. The van der Waals surface area contributed by atoms with Crippen LogP contribution in [0.2, 0.25) is 5.02 Å². The molecule has 5 nitrogen and oxygen atoms in total. The van der Waals surface area contributed by atoms with Gasteiger partial charge in [0, 0.05) is 23.7 Å². The van der Waals surface area contributed by atoms with Crippen LogP contribution in [0.5, 0.6) is 5.75 Å². The lowest BCUT2D eigenvalue weighted by Crippen LogP contribution is -2.39. The van der Waals surface area contributed by atoms with Crippen molar-refractivity contribution in [3.05, 3.63) is 64.7 Å². The summed E-state index contributed by atoms with van der Waals surface area (Å²) >= 11 is 5.96. The van der Waals surface area contributed by atoms with E-state index >= 15 is 0 Å². The summed E-state index contributed by atoms with van der Waals surface area (Å²) in [4.78, 5) is 25.9. The largest absolute Gasteiger partial charge is 0.489 e. The molecule has 26 heavy (non-hydrogen) atoms. The van der Waals surface area contributed by atoms with Crippen molar-refractivity contribution in [1.82, 2.24) is 10.2 Å². The number of hydrogen-bond acceptors (Lipinski definition) is 3. The summed E-state index contributed by atoms with van der Waals surface area (Å²) in [6.07, 6.45) is 0. The maximum Gasteiger partial charge on any atom is 0.251 e. The number of hydrogen-bond donors (Lipinski definition) is 1. The van der Waals surface area contributed by atoms with E-state index in [0.29, 0.717) is 36.0 Å². The SMILES string of the molecule is CCN(CC)C(=O)CNC(=O)c1cccc(OCc2cccc(Cl)c2)c1. The van der Waals surface area contributed by atoms with E-state index in [2.05, 4.69) is 5.32 Å². The van der Waals surface area contributed by atoms with E-state index < -0.39 is 0 Å². The number of ether oxygens (including phenoxy) is 1. The number of nitrogens with one attached hydrogen (secondary N) is 1. The van der Waals surface area contributed by atoms with E-state index in [-0.39, 0.29) is 18.4 Å². The van der Waals surface area contributed by atoms with Crippen LogP contribution in [0, 0.1) is 0 Å². The van der Waals surface area contributed by atoms with Gasteiger partial charge in [0.05, 0.1) is 6.54 Å². The van der Waals surface area contributed by atoms with Crippen LogP contribution in [0.25, 0.3) is 0 Å². The molecule has 0 saturated heterocycles. The Hall–Kier alpha value is -2.53. The molecule has 0 spiro atoms. The number of benzene rings is 2. The maximum absolute atomic E-state index is 12.3. The van der Waals surface area contributed by atoms with Crippen molar-refractivity contribution in [1.29, 1.82) is 0 Å². The van der Waals surface area contributed by atoms with Gasteiger partial charge < -0.3 is 15.0 Å². The van der Waals surface area contributed by atoms with Gasteiger partial charge in [0.25, 0.3) is 5.91 Å². The number of likely N-dealkylation sites (N-methyl/N-ethyl adjacent to an activating group) is 1. The van der Waals surface area contributed by atoms with Crippen molar-refractivity contribution in [3.63, 3.8) is 0 Å². The molecule has 2 aromatic carbocycles. The minimum absolute atomic E-state index is 0.0197. The minimum Gasteiger partial charge on any atom is -0.489 e. The minimum atomic E-state index is -0.307. The van der Waals surface area contributed by atoms with Gasteiger partial charge in [-0.25, -0.2) is 0 Å². The van der Waals surface area contributed by atoms with Crippen LogP contribution in [0.4, 0.5) is 0 Å². The second-order valence-electron chi connectivity index (χ2n) is 5.70. The molecule has 0 heterocycles. The van der Waals surface area contributed by atoms with Gasteiger partial charge >= 0.3 is 0 Å². The summed E-state index contributed by atoms with van der Waals surface area (Å²) in [5.74, 6) is 0.170. The highest BCUT2D eigenvalue weighted by Gasteiger charge is 2.12. The molecule has 6 heteroatoms. The molecule has 0 atom stereocenters. The van der Waals surface area contributed by atoms with E-state index in [9.17, 15) is 9.59 Å². The fourth-order valence-corrected chi connectivity index (χ4v) is 2.68. The normalized spacial score (nSPS) is 10.3. The van der Waals surface area contributed by atoms with Crippen molar-refractivity contribution in [2.75, 3.05) is 19.6 Å². The van der Waals surface area contributed by atoms with Gasteiger partial charge in [0.2, 0.25) is 5.91 Å². The molecule has 0 bridgehead atoms. The van der Waals surface area contributed by atoms with Gasteiger partial charge in [-0.2, -0.15) is 0 Å². The Morgan fingerprint density at radius 3 is 2.50 bits per heavy atom. The Morgan fingerprint density at radius 2 is 1.81 bits per heavy atom. The third-order valence-corrected chi connectivity index (χ3v) is 4.14. The van der Waals surface area contributed by atoms with E-state index in [1.807, 2.05) is 32.0 Å². The fourth-order valence-electron chi connectivity index (χ4n) is 2.47.